The highest BCUT2D eigenvalue weighted by molar-refractivity contribution is 7.16. The summed E-state index contributed by atoms with van der Waals surface area (Å²) in [6.07, 6.45) is 2.06. The van der Waals surface area contributed by atoms with E-state index in [1.165, 1.54) is 16.9 Å². The third kappa shape index (κ3) is 2.91. The smallest absolute Gasteiger partial charge is 0.347 e. The summed E-state index contributed by atoms with van der Waals surface area (Å²) >= 11 is 1.33. The van der Waals surface area contributed by atoms with Crippen LogP contribution in [0.4, 0.5) is 5.00 Å². The first kappa shape index (κ1) is 16.5. The number of thiophene rings is 1. The molecule has 2 aromatic heterocycles. The van der Waals surface area contributed by atoms with Crippen LogP contribution in [0.1, 0.15) is 29.3 Å². The van der Waals surface area contributed by atoms with Crippen LogP contribution in [0.2, 0.25) is 0 Å². The number of nitrogens with one attached hydrogen (secondary N) is 1. The van der Waals surface area contributed by atoms with Crippen molar-refractivity contribution in [3.8, 4) is 0 Å². The highest BCUT2D eigenvalue weighted by atomic mass is 32.1. The molecule has 0 unspecified atom stereocenters. The zero-order valence-corrected chi connectivity index (χ0v) is 15.1. The van der Waals surface area contributed by atoms with Gasteiger partial charge in [0.25, 0.3) is 5.91 Å². The topological polar surface area (TPSA) is 59.3 Å². The van der Waals surface area contributed by atoms with Gasteiger partial charge in [0.05, 0.1) is 0 Å². The van der Waals surface area contributed by atoms with Crippen LogP contribution in [0, 0.1) is 0 Å². The Morgan fingerprint density at radius 3 is 2.62 bits per heavy atom. The summed E-state index contributed by atoms with van der Waals surface area (Å²) in [4.78, 5) is 25.0. The van der Waals surface area contributed by atoms with Gasteiger partial charge >= 0.3 is 5.63 Å². The van der Waals surface area contributed by atoms with E-state index in [2.05, 4.69) is 12.2 Å². The maximum absolute atomic E-state index is 12.6. The van der Waals surface area contributed by atoms with Gasteiger partial charge in [0.2, 0.25) is 0 Å². The molecule has 0 aliphatic rings. The van der Waals surface area contributed by atoms with Crippen molar-refractivity contribution in [1.29, 1.82) is 0 Å². The fourth-order valence-electron chi connectivity index (χ4n) is 3.07. The number of hydrogen-bond donors (Lipinski definition) is 1. The Bertz CT molecular complexity index is 1160. The van der Waals surface area contributed by atoms with Gasteiger partial charge in [0, 0.05) is 21.7 Å². The zero-order chi connectivity index (χ0) is 18.1. The van der Waals surface area contributed by atoms with Crippen molar-refractivity contribution < 1.29 is 9.21 Å². The number of benzene rings is 2. The molecule has 0 saturated heterocycles. The van der Waals surface area contributed by atoms with E-state index in [9.17, 15) is 9.59 Å². The molecule has 0 fully saturated rings. The minimum Gasteiger partial charge on any atom is -0.422 e. The molecule has 1 N–H and O–H groups in total. The van der Waals surface area contributed by atoms with Gasteiger partial charge in [0.1, 0.15) is 16.0 Å². The predicted octanol–water partition coefficient (Wildman–Crippen LogP) is 5.21. The normalized spacial score (nSPS) is 11.1. The predicted molar refractivity (Wildman–Crippen MR) is 106 cm³/mol. The summed E-state index contributed by atoms with van der Waals surface area (Å²) in [6, 6.07) is 15.0. The lowest BCUT2D eigenvalue weighted by atomic mass is 10.1. The monoisotopic (exact) mass is 363 g/mol. The molecule has 5 heteroatoms. The minimum atomic E-state index is -0.437. The number of rotatable bonds is 4. The average molecular weight is 363 g/mol. The van der Waals surface area contributed by atoms with Crippen molar-refractivity contribution in [3.05, 3.63) is 75.5 Å². The molecule has 0 bridgehead atoms. The Balaban J connectivity index is 1.70. The Hall–Kier alpha value is -2.92. The number of anilines is 1. The van der Waals surface area contributed by atoms with Crippen molar-refractivity contribution in [2.45, 2.75) is 19.8 Å². The van der Waals surface area contributed by atoms with E-state index in [4.69, 9.17) is 4.42 Å². The van der Waals surface area contributed by atoms with Crippen molar-refractivity contribution in [2.24, 2.45) is 0 Å². The summed E-state index contributed by atoms with van der Waals surface area (Å²) in [5.41, 5.74) is 1.88. The van der Waals surface area contributed by atoms with Gasteiger partial charge in [-0.15, -0.1) is 11.3 Å². The molecule has 0 spiro atoms. The van der Waals surface area contributed by atoms with Crippen molar-refractivity contribution in [2.75, 3.05) is 5.32 Å². The molecular weight excluding hydrogens is 346 g/mol. The van der Waals surface area contributed by atoms with E-state index >= 15 is 0 Å². The van der Waals surface area contributed by atoms with Crippen molar-refractivity contribution in [3.63, 3.8) is 0 Å². The largest absolute Gasteiger partial charge is 0.422 e. The van der Waals surface area contributed by atoms with Crippen LogP contribution in [0.25, 0.3) is 21.7 Å². The molecule has 130 valence electrons. The molecule has 2 heterocycles. The quantitative estimate of drug-likeness (QED) is 0.506. The van der Waals surface area contributed by atoms with Crippen LogP contribution in [0.5, 0.6) is 0 Å². The number of carbonyl (C=O) groups excluding carboxylic acids is 1. The van der Waals surface area contributed by atoms with Crippen LogP contribution < -0.4 is 10.9 Å². The lowest BCUT2D eigenvalue weighted by Crippen LogP contribution is -2.12. The van der Waals surface area contributed by atoms with Crippen LogP contribution in [0.15, 0.2) is 63.1 Å². The van der Waals surface area contributed by atoms with E-state index in [0.717, 1.165) is 23.6 Å². The second-order valence-corrected chi connectivity index (χ2v) is 7.02. The number of amides is 1. The molecule has 0 aliphatic heterocycles. The molecule has 4 aromatic rings. The Morgan fingerprint density at radius 1 is 1.08 bits per heavy atom. The summed E-state index contributed by atoms with van der Waals surface area (Å²) < 4.78 is 5.40. The number of fused-ring (bicyclic) bond motifs is 3. The van der Waals surface area contributed by atoms with Crippen molar-refractivity contribution in [1.82, 2.24) is 0 Å². The molecule has 0 atom stereocenters. The highest BCUT2D eigenvalue weighted by Crippen LogP contribution is 2.33. The summed E-state index contributed by atoms with van der Waals surface area (Å²) in [5, 5.41) is 7.34. The maximum Gasteiger partial charge on any atom is 0.347 e. The zero-order valence-electron chi connectivity index (χ0n) is 14.2. The SMILES string of the molecule is CCCc1ccc(C(=O)Nc2scc3c2c(=O)oc2ccccc23)cc1. The van der Waals surface area contributed by atoms with Gasteiger partial charge in [-0.05, 0) is 30.2 Å². The fraction of sp³-hybridized carbons (Fsp3) is 0.143. The lowest BCUT2D eigenvalue weighted by molar-refractivity contribution is 0.102. The Labute approximate surface area is 154 Å². The second kappa shape index (κ2) is 6.77. The molecule has 1 amide bonds. The van der Waals surface area contributed by atoms with E-state index in [1.807, 2.05) is 47.8 Å². The molecule has 4 rings (SSSR count). The van der Waals surface area contributed by atoms with Crippen LogP contribution in [-0.2, 0) is 6.42 Å². The van der Waals surface area contributed by atoms with Crippen LogP contribution in [0.3, 0.4) is 0 Å². The van der Waals surface area contributed by atoms with E-state index < -0.39 is 5.63 Å². The van der Waals surface area contributed by atoms with Gasteiger partial charge in [-0.1, -0.05) is 43.7 Å². The Kier molecular flexibility index (Phi) is 4.31. The maximum atomic E-state index is 12.6. The average Bonchev–Trinajstić information content (AvgIpc) is 3.07. The van der Waals surface area contributed by atoms with Crippen molar-refractivity contribution >= 4 is 44.0 Å². The highest BCUT2D eigenvalue weighted by Gasteiger charge is 2.16. The van der Waals surface area contributed by atoms with Gasteiger partial charge in [0.15, 0.2) is 0 Å². The number of hydrogen-bond acceptors (Lipinski definition) is 4. The van der Waals surface area contributed by atoms with Crippen LogP contribution in [-0.4, -0.2) is 5.91 Å². The molecule has 0 aliphatic carbocycles. The van der Waals surface area contributed by atoms with Gasteiger partial charge in [-0.25, -0.2) is 4.79 Å². The first-order valence-corrected chi connectivity index (χ1v) is 9.38. The molecule has 26 heavy (non-hydrogen) atoms. The number of para-hydroxylation sites is 1. The Morgan fingerprint density at radius 2 is 1.85 bits per heavy atom. The van der Waals surface area contributed by atoms with Gasteiger partial charge in [-0.2, -0.15) is 0 Å². The first-order chi connectivity index (χ1) is 12.7. The van der Waals surface area contributed by atoms with E-state index in [0.29, 0.717) is 21.5 Å². The molecule has 0 saturated carbocycles. The van der Waals surface area contributed by atoms with Crippen LogP contribution >= 0.6 is 11.3 Å². The van der Waals surface area contributed by atoms with E-state index in [1.54, 1.807) is 6.07 Å². The first-order valence-electron chi connectivity index (χ1n) is 8.50. The molecule has 2 aromatic carbocycles. The fourth-order valence-corrected chi connectivity index (χ4v) is 4.01. The van der Waals surface area contributed by atoms with E-state index in [-0.39, 0.29) is 5.91 Å². The summed E-state index contributed by atoms with van der Waals surface area (Å²) in [7, 11) is 0. The summed E-state index contributed by atoms with van der Waals surface area (Å²) in [5.74, 6) is -0.232. The second-order valence-electron chi connectivity index (χ2n) is 6.14. The molecule has 0 radical (unpaired) electrons. The molecular formula is C21H17NO3S. The third-order valence-corrected chi connectivity index (χ3v) is 5.25. The standard InChI is InChI=1S/C21H17NO3S/c1-2-5-13-8-10-14(11-9-13)19(23)22-20-18-16(12-26-20)15-6-3-4-7-17(15)25-21(18)24/h3-4,6-12H,2,5H2,1H3,(H,22,23). The third-order valence-electron chi connectivity index (χ3n) is 4.36. The summed E-state index contributed by atoms with van der Waals surface area (Å²) in [6.45, 7) is 2.12. The lowest BCUT2D eigenvalue weighted by Gasteiger charge is -2.05. The minimum absolute atomic E-state index is 0.232. The van der Waals surface area contributed by atoms with Gasteiger partial charge < -0.3 is 9.73 Å². The van der Waals surface area contributed by atoms with Gasteiger partial charge in [-0.3, -0.25) is 4.79 Å². The number of aryl methyl sites for hydroxylation is 1. The molecule has 4 nitrogen and oxygen atoms in total. The number of carbonyl (C=O) groups is 1.